The fourth-order valence-corrected chi connectivity index (χ4v) is 1.71. The molecule has 0 unspecified atom stereocenters. The van der Waals surface area contributed by atoms with Crippen LogP contribution in [0.3, 0.4) is 0 Å². The number of aromatic nitrogens is 2. The van der Waals surface area contributed by atoms with E-state index >= 15 is 0 Å². The maximum absolute atomic E-state index is 4.35. The average molecular weight is 293 g/mol. The lowest BCUT2D eigenvalue weighted by molar-refractivity contribution is 1.14. The lowest BCUT2D eigenvalue weighted by Crippen LogP contribution is -2.01. The highest BCUT2D eigenvalue weighted by Gasteiger charge is 2.05. The van der Waals surface area contributed by atoms with Crippen LogP contribution in [0.4, 0.5) is 17.5 Å². The molecule has 1 aromatic heterocycles. The van der Waals surface area contributed by atoms with Crippen molar-refractivity contribution in [1.29, 1.82) is 0 Å². The lowest BCUT2D eigenvalue weighted by atomic mass is 10.2. The van der Waals surface area contributed by atoms with Crippen molar-refractivity contribution in [3.63, 3.8) is 0 Å². The SMILES string of the molecule is CNc1ncc(Br)c(Nc2ccccc2C)n1. The molecule has 0 bridgehead atoms. The first kappa shape index (κ1) is 11.9. The van der Waals surface area contributed by atoms with Gasteiger partial charge >= 0.3 is 0 Å². The molecule has 0 saturated heterocycles. The topological polar surface area (TPSA) is 49.8 Å². The van der Waals surface area contributed by atoms with Gasteiger partial charge in [0, 0.05) is 18.9 Å². The second-order valence-electron chi connectivity index (χ2n) is 3.58. The molecule has 0 atom stereocenters. The van der Waals surface area contributed by atoms with Crippen molar-refractivity contribution in [2.24, 2.45) is 0 Å². The zero-order valence-corrected chi connectivity index (χ0v) is 11.2. The molecular formula is C12H13BrN4. The zero-order chi connectivity index (χ0) is 12.3. The number of benzene rings is 1. The van der Waals surface area contributed by atoms with Gasteiger partial charge in [-0.1, -0.05) is 18.2 Å². The van der Waals surface area contributed by atoms with Gasteiger partial charge in [-0.2, -0.15) is 4.98 Å². The Morgan fingerprint density at radius 2 is 2.00 bits per heavy atom. The van der Waals surface area contributed by atoms with Crippen LogP contribution in [-0.2, 0) is 0 Å². The number of halogens is 1. The number of hydrogen-bond donors (Lipinski definition) is 2. The molecule has 2 rings (SSSR count). The molecule has 0 aliphatic carbocycles. The first-order valence-electron chi connectivity index (χ1n) is 5.23. The number of nitrogens with one attached hydrogen (secondary N) is 2. The minimum absolute atomic E-state index is 0.587. The number of hydrogen-bond acceptors (Lipinski definition) is 4. The van der Waals surface area contributed by atoms with Crippen LogP contribution in [0, 0.1) is 6.92 Å². The van der Waals surface area contributed by atoms with Gasteiger partial charge in [0.25, 0.3) is 0 Å². The predicted molar refractivity (Wildman–Crippen MR) is 73.7 cm³/mol. The first-order valence-corrected chi connectivity index (χ1v) is 6.03. The third kappa shape index (κ3) is 2.74. The van der Waals surface area contributed by atoms with E-state index in [4.69, 9.17) is 0 Å². The summed E-state index contributed by atoms with van der Waals surface area (Å²) in [5.41, 5.74) is 2.21. The number of anilines is 3. The minimum Gasteiger partial charge on any atom is -0.357 e. The molecule has 88 valence electrons. The van der Waals surface area contributed by atoms with Gasteiger partial charge in [0.1, 0.15) is 5.82 Å². The summed E-state index contributed by atoms with van der Waals surface area (Å²) in [4.78, 5) is 8.46. The van der Waals surface area contributed by atoms with E-state index in [-0.39, 0.29) is 0 Å². The standard InChI is InChI=1S/C12H13BrN4/c1-8-5-3-4-6-10(8)16-11-9(13)7-15-12(14-2)17-11/h3-7H,1-2H3,(H2,14,15,16,17). The maximum Gasteiger partial charge on any atom is 0.224 e. The highest BCUT2D eigenvalue weighted by molar-refractivity contribution is 9.10. The van der Waals surface area contributed by atoms with Crippen LogP contribution in [0.2, 0.25) is 0 Å². The monoisotopic (exact) mass is 292 g/mol. The molecule has 4 nitrogen and oxygen atoms in total. The molecule has 1 heterocycles. The van der Waals surface area contributed by atoms with Crippen LogP contribution in [0.25, 0.3) is 0 Å². The summed E-state index contributed by atoms with van der Waals surface area (Å²) in [6.07, 6.45) is 1.72. The molecule has 5 heteroatoms. The number of para-hydroxylation sites is 1. The minimum atomic E-state index is 0.587. The van der Waals surface area contributed by atoms with E-state index in [2.05, 4.69) is 49.5 Å². The third-order valence-electron chi connectivity index (χ3n) is 2.37. The molecule has 2 aromatic rings. The Bertz CT molecular complexity index is 528. The summed E-state index contributed by atoms with van der Waals surface area (Å²) in [6.45, 7) is 2.05. The summed E-state index contributed by atoms with van der Waals surface area (Å²) in [5, 5.41) is 6.19. The zero-order valence-electron chi connectivity index (χ0n) is 9.66. The van der Waals surface area contributed by atoms with E-state index in [0.717, 1.165) is 16.0 Å². The number of nitrogens with zero attached hydrogens (tertiary/aromatic N) is 2. The van der Waals surface area contributed by atoms with E-state index in [9.17, 15) is 0 Å². The lowest BCUT2D eigenvalue weighted by Gasteiger charge is -2.10. The largest absolute Gasteiger partial charge is 0.357 e. The molecule has 0 aliphatic heterocycles. The summed E-state index contributed by atoms with van der Waals surface area (Å²) < 4.78 is 0.833. The molecular weight excluding hydrogens is 280 g/mol. The fourth-order valence-electron chi connectivity index (χ4n) is 1.42. The molecule has 0 saturated carbocycles. The van der Waals surface area contributed by atoms with Crippen LogP contribution in [-0.4, -0.2) is 17.0 Å². The Hall–Kier alpha value is -1.62. The Balaban J connectivity index is 2.32. The first-order chi connectivity index (χ1) is 8.20. The molecule has 2 N–H and O–H groups in total. The molecule has 0 radical (unpaired) electrons. The molecule has 0 aliphatic rings. The Labute approximate surface area is 109 Å². The third-order valence-corrected chi connectivity index (χ3v) is 2.95. The van der Waals surface area contributed by atoms with Gasteiger partial charge in [0.05, 0.1) is 4.47 Å². The van der Waals surface area contributed by atoms with E-state index in [1.54, 1.807) is 13.2 Å². The normalized spacial score (nSPS) is 10.1. The van der Waals surface area contributed by atoms with Gasteiger partial charge in [-0.05, 0) is 34.5 Å². The Morgan fingerprint density at radius 1 is 1.24 bits per heavy atom. The summed E-state index contributed by atoms with van der Waals surface area (Å²) in [6, 6.07) is 8.07. The summed E-state index contributed by atoms with van der Waals surface area (Å²) in [7, 11) is 1.79. The Kier molecular flexibility index (Phi) is 3.58. The van der Waals surface area contributed by atoms with E-state index < -0.39 is 0 Å². The van der Waals surface area contributed by atoms with Crippen LogP contribution in [0.15, 0.2) is 34.9 Å². The highest BCUT2D eigenvalue weighted by atomic mass is 79.9. The van der Waals surface area contributed by atoms with Gasteiger partial charge in [0.15, 0.2) is 0 Å². The Morgan fingerprint density at radius 3 is 2.71 bits per heavy atom. The van der Waals surface area contributed by atoms with Crippen molar-refractivity contribution in [2.45, 2.75) is 6.92 Å². The van der Waals surface area contributed by atoms with Crippen molar-refractivity contribution in [2.75, 3.05) is 17.7 Å². The van der Waals surface area contributed by atoms with E-state index in [1.807, 2.05) is 18.2 Å². The molecule has 17 heavy (non-hydrogen) atoms. The average Bonchev–Trinajstić information content (AvgIpc) is 2.35. The van der Waals surface area contributed by atoms with Crippen molar-refractivity contribution in [3.05, 3.63) is 40.5 Å². The van der Waals surface area contributed by atoms with Crippen LogP contribution in [0.1, 0.15) is 5.56 Å². The van der Waals surface area contributed by atoms with Crippen molar-refractivity contribution < 1.29 is 0 Å². The van der Waals surface area contributed by atoms with E-state index in [1.165, 1.54) is 5.56 Å². The molecule has 1 aromatic carbocycles. The maximum atomic E-state index is 4.35. The van der Waals surface area contributed by atoms with Crippen LogP contribution in [0.5, 0.6) is 0 Å². The van der Waals surface area contributed by atoms with Gasteiger partial charge < -0.3 is 10.6 Å². The van der Waals surface area contributed by atoms with E-state index in [0.29, 0.717) is 5.95 Å². The predicted octanol–water partition coefficient (Wildman–Crippen LogP) is 3.33. The molecule has 0 spiro atoms. The molecule has 0 amide bonds. The van der Waals surface area contributed by atoms with Crippen LogP contribution >= 0.6 is 15.9 Å². The quantitative estimate of drug-likeness (QED) is 0.911. The number of aryl methyl sites for hydroxylation is 1. The second-order valence-corrected chi connectivity index (χ2v) is 4.43. The van der Waals surface area contributed by atoms with Crippen molar-refractivity contribution in [1.82, 2.24) is 9.97 Å². The van der Waals surface area contributed by atoms with Gasteiger partial charge in [-0.25, -0.2) is 4.98 Å². The van der Waals surface area contributed by atoms with Crippen molar-refractivity contribution >= 4 is 33.4 Å². The van der Waals surface area contributed by atoms with Crippen LogP contribution < -0.4 is 10.6 Å². The van der Waals surface area contributed by atoms with Gasteiger partial charge in [-0.15, -0.1) is 0 Å². The highest BCUT2D eigenvalue weighted by Crippen LogP contribution is 2.25. The molecule has 0 fully saturated rings. The number of rotatable bonds is 3. The van der Waals surface area contributed by atoms with Gasteiger partial charge in [0.2, 0.25) is 5.95 Å². The summed E-state index contributed by atoms with van der Waals surface area (Å²) in [5.74, 6) is 1.34. The second kappa shape index (κ2) is 5.14. The smallest absolute Gasteiger partial charge is 0.224 e. The van der Waals surface area contributed by atoms with Crippen molar-refractivity contribution in [3.8, 4) is 0 Å². The fraction of sp³-hybridized carbons (Fsp3) is 0.167. The van der Waals surface area contributed by atoms with Gasteiger partial charge in [-0.3, -0.25) is 0 Å². The summed E-state index contributed by atoms with van der Waals surface area (Å²) >= 11 is 3.43.